The van der Waals surface area contributed by atoms with Crippen molar-refractivity contribution >= 4 is 33.3 Å². The molecule has 0 radical (unpaired) electrons. The van der Waals surface area contributed by atoms with Crippen LogP contribution in [0.25, 0.3) is 0 Å². The fourth-order valence-corrected chi connectivity index (χ4v) is 7.32. The molecule has 0 aromatic heterocycles. The van der Waals surface area contributed by atoms with Gasteiger partial charge in [-0.1, -0.05) is 52.6 Å². The largest absolute Gasteiger partial charge is 0.121 e. The minimum atomic E-state index is 0.854. The fraction of sp³-hybridized carbons (Fsp3) is 0.538. The van der Waals surface area contributed by atoms with Crippen molar-refractivity contribution in [3.05, 3.63) is 29.8 Å². The van der Waals surface area contributed by atoms with Crippen LogP contribution in [0.1, 0.15) is 31.2 Å². The Bertz CT molecular complexity index is 364. The molecule has 1 aromatic carbocycles. The molecule has 3 heteroatoms. The number of thioether (sulfide) groups is 1. The molecule has 0 saturated heterocycles. The molecule has 1 aromatic rings. The van der Waals surface area contributed by atoms with Crippen LogP contribution in [0.2, 0.25) is 0 Å². The lowest BCUT2D eigenvalue weighted by molar-refractivity contribution is 0.529. The second-order valence-corrected chi connectivity index (χ2v) is 8.33. The molecule has 1 aliphatic carbocycles. The van der Waals surface area contributed by atoms with Gasteiger partial charge in [-0.2, -0.15) is 0 Å². The van der Waals surface area contributed by atoms with Crippen LogP contribution >= 0.6 is 33.3 Å². The van der Waals surface area contributed by atoms with Gasteiger partial charge in [-0.25, -0.2) is 0 Å². The van der Waals surface area contributed by atoms with E-state index in [1.807, 2.05) is 0 Å². The zero-order valence-corrected chi connectivity index (χ0v) is 11.7. The second kappa shape index (κ2) is 5.28. The van der Waals surface area contributed by atoms with Crippen molar-refractivity contribution < 1.29 is 0 Å². The van der Waals surface area contributed by atoms with E-state index in [-0.39, 0.29) is 0 Å². The number of rotatable bonds is 0. The van der Waals surface area contributed by atoms with Crippen LogP contribution in [-0.2, 0) is 5.75 Å². The molecule has 16 heavy (non-hydrogen) atoms. The molecule has 0 N–H and O–H groups in total. The first-order chi connectivity index (χ1) is 7.93. The highest BCUT2D eigenvalue weighted by atomic mass is 33.1. The van der Waals surface area contributed by atoms with Gasteiger partial charge in [0.1, 0.15) is 0 Å². The van der Waals surface area contributed by atoms with Gasteiger partial charge in [0.25, 0.3) is 0 Å². The van der Waals surface area contributed by atoms with Gasteiger partial charge in [0.05, 0.1) is 0 Å². The molecule has 1 heterocycles. The van der Waals surface area contributed by atoms with E-state index >= 15 is 0 Å². The number of hydrogen-bond donors (Lipinski definition) is 0. The molecular formula is C13H16S3. The Morgan fingerprint density at radius 1 is 1.00 bits per heavy atom. The topological polar surface area (TPSA) is 0 Å². The Hall–Kier alpha value is 0.270. The summed E-state index contributed by atoms with van der Waals surface area (Å²) in [5.74, 6) is 1.18. The summed E-state index contributed by atoms with van der Waals surface area (Å²) in [6.07, 6.45) is 5.72. The monoisotopic (exact) mass is 268 g/mol. The Morgan fingerprint density at radius 2 is 1.81 bits per heavy atom. The first-order valence-corrected chi connectivity index (χ1v) is 9.22. The van der Waals surface area contributed by atoms with Crippen LogP contribution in [0, 0.1) is 0 Å². The number of fused-ring (bicyclic) bond motifs is 2. The number of hydrogen-bond acceptors (Lipinski definition) is 3. The van der Waals surface area contributed by atoms with Crippen molar-refractivity contribution in [1.29, 1.82) is 0 Å². The summed E-state index contributed by atoms with van der Waals surface area (Å²) in [5, 5.41) is 1.74. The Kier molecular flexibility index (Phi) is 3.75. The molecular weight excluding hydrogens is 252 g/mol. The summed E-state index contributed by atoms with van der Waals surface area (Å²) in [4.78, 5) is 1.53. The maximum atomic E-state index is 2.31. The van der Waals surface area contributed by atoms with Crippen LogP contribution < -0.4 is 0 Å². The standard InChI is InChI=1S/C13H16S3/c1-2-6-11-10(5-1)9-14-16-13-8-4-3-7-12(13)15-11/h1-2,5-6,12-13H,3-4,7-9H2. The van der Waals surface area contributed by atoms with E-state index in [4.69, 9.17) is 0 Å². The summed E-state index contributed by atoms with van der Waals surface area (Å²) < 4.78 is 0. The average molecular weight is 268 g/mol. The lowest BCUT2D eigenvalue weighted by Gasteiger charge is -2.32. The molecule has 86 valence electrons. The highest BCUT2D eigenvalue weighted by Gasteiger charge is 2.28. The molecule has 1 saturated carbocycles. The van der Waals surface area contributed by atoms with Gasteiger partial charge in [-0.05, 0) is 24.5 Å². The third-order valence-electron chi connectivity index (χ3n) is 3.30. The lowest BCUT2D eigenvalue weighted by atomic mass is 10.00. The summed E-state index contributed by atoms with van der Waals surface area (Å²) >= 11 is 2.14. The van der Waals surface area contributed by atoms with Crippen molar-refractivity contribution in [1.82, 2.24) is 0 Å². The first-order valence-electron chi connectivity index (χ1n) is 5.96. The fourth-order valence-electron chi connectivity index (χ4n) is 2.39. The first kappa shape index (κ1) is 11.4. The van der Waals surface area contributed by atoms with Crippen molar-refractivity contribution in [2.45, 2.75) is 46.8 Å². The summed E-state index contributed by atoms with van der Waals surface area (Å²) in [6.45, 7) is 0. The SMILES string of the molecule is c1ccc2c(c1)CSSC1CCCCC1S2. The highest BCUT2D eigenvalue weighted by molar-refractivity contribution is 8.76. The third kappa shape index (κ3) is 2.41. The minimum absolute atomic E-state index is 0.854. The van der Waals surface area contributed by atoms with Crippen molar-refractivity contribution in [2.24, 2.45) is 0 Å². The normalized spacial score (nSPS) is 29.8. The molecule has 0 bridgehead atoms. The molecule has 0 nitrogen and oxygen atoms in total. The molecule has 1 aliphatic heterocycles. The minimum Gasteiger partial charge on any atom is -0.121 e. The van der Waals surface area contributed by atoms with Gasteiger partial charge < -0.3 is 0 Å². The van der Waals surface area contributed by atoms with Gasteiger partial charge in [0.2, 0.25) is 0 Å². The lowest BCUT2D eigenvalue weighted by Crippen LogP contribution is -2.24. The smallest absolute Gasteiger partial charge is 0.0299 e. The van der Waals surface area contributed by atoms with E-state index in [1.54, 1.807) is 0 Å². The van der Waals surface area contributed by atoms with E-state index in [0.29, 0.717) is 0 Å². The zero-order valence-electron chi connectivity index (χ0n) is 9.22. The van der Waals surface area contributed by atoms with Gasteiger partial charge in [0.15, 0.2) is 0 Å². The number of benzene rings is 1. The summed E-state index contributed by atoms with van der Waals surface area (Å²) in [7, 11) is 4.20. The van der Waals surface area contributed by atoms with Gasteiger partial charge in [-0.15, -0.1) is 11.8 Å². The van der Waals surface area contributed by atoms with E-state index in [0.717, 1.165) is 10.5 Å². The van der Waals surface area contributed by atoms with E-state index in [1.165, 1.54) is 41.9 Å². The van der Waals surface area contributed by atoms with Crippen LogP contribution in [0.15, 0.2) is 29.2 Å². The van der Waals surface area contributed by atoms with Crippen LogP contribution in [-0.4, -0.2) is 10.5 Å². The molecule has 1 fully saturated rings. The summed E-state index contributed by atoms with van der Waals surface area (Å²) in [6, 6.07) is 8.95. The second-order valence-electron chi connectivity index (χ2n) is 4.45. The van der Waals surface area contributed by atoms with Crippen LogP contribution in [0.3, 0.4) is 0 Å². The van der Waals surface area contributed by atoms with Gasteiger partial charge >= 0.3 is 0 Å². The predicted molar refractivity (Wildman–Crippen MR) is 77.2 cm³/mol. The molecule has 2 aliphatic rings. The van der Waals surface area contributed by atoms with Crippen molar-refractivity contribution in [2.75, 3.05) is 0 Å². The molecule has 2 atom stereocenters. The molecule has 0 spiro atoms. The van der Waals surface area contributed by atoms with E-state index < -0.39 is 0 Å². The van der Waals surface area contributed by atoms with Crippen LogP contribution in [0.4, 0.5) is 0 Å². The average Bonchev–Trinajstić information content (AvgIpc) is 2.29. The Morgan fingerprint density at radius 3 is 2.75 bits per heavy atom. The Balaban J connectivity index is 1.85. The quantitative estimate of drug-likeness (QED) is 0.609. The van der Waals surface area contributed by atoms with Gasteiger partial charge in [-0.3, -0.25) is 0 Å². The van der Waals surface area contributed by atoms with Gasteiger partial charge in [0, 0.05) is 21.1 Å². The van der Waals surface area contributed by atoms with E-state index in [2.05, 4.69) is 57.6 Å². The summed E-state index contributed by atoms with van der Waals surface area (Å²) in [5.41, 5.74) is 1.54. The zero-order chi connectivity index (χ0) is 10.8. The predicted octanol–water partition coefficient (Wildman–Crippen LogP) is 4.98. The maximum Gasteiger partial charge on any atom is 0.0299 e. The van der Waals surface area contributed by atoms with Crippen LogP contribution in [0.5, 0.6) is 0 Å². The van der Waals surface area contributed by atoms with Crippen molar-refractivity contribution in [3.8, 4) is 0 Å². The highest BCUT2D eigenvalue weighted by Crippen LogP contribution is 2.47. The molecule has 2 unspecified atom stereocenters. The molecule has 0 amide bonds. The maximum absolute atomic E-state index is 2.31. The third-order valence-corrected chi connectivity index (χ3v) is 7.87. The Labute approximate surface area is 110 Å². The van der Waals surface area contributed by atoms with Crippen molar-refractivity contribution in [3.63, 3.8) is 0 Å². The molecule has 3 rings (SSSR count). The van der Waals surface area contributed by atoms with E-state index in [9.17, 15) is 0 Å².